The largest absolute Gasteiger partial charge is 0.317 e. The Bertz CT molecular complexity index is 739. The van der Waals surface area contributed by atoms with Crippen LogP contribution in [0.4, 0.5) is 4.39 Å². The van der Waals surface area contributed by atoms with Crippen molar-refractivity contribution in [1.82, 2.24) is 24.6 Å². The SMILES string of the molecule is CN(Cc1nnc(C2CC2)n1C)C1CCN(Cc2ccccc2F)C1. The molecule has 1 saturated carbocycles. The van der Waals surface area contributed by atoms with Gasteiger partial charge in [-0.1, -0.05) is 18.2 Å². The lowest BCUT2D eigenvalue weighted by Crippen LogP contribution is -2.34. The van der Waals surface area contributed by atoms with Crippen LogP contribution in [0.1, 0.15) is 42.4 Å². The molecule has 1 atom stereocenters. The van der Waals surface area contributed by atoms with E-state index in [9.17, 15) is 4.39 Å². The summed E-state index contributed by atoms with van der Waals surface area (Å²) in [6.45, 7) is 3.48. The van der Waals surface area contributed by atoms with Gasteiger partial charge in [0.15, 0.2) is 0 Å². The minimum atomic E-state index is -0.106. The molecule has 0 radical (unpaired) electrons. The fourth-order valence-corrected chi connectivity index (χ4v) is 3.75. The molecule has 0 bridgehead atoms. The predicted octanol–water partition coefficient (Wildman–Crippen LogP) is 2.54. The van der Waals surface area contributed by atoms with Gasteiger partial charge in [-0.2, -0.15) is 0 Å². The molecule has 6 heteroatoms. The summed E-state index contributed by atoms with van der Waals surface area (Å²) < 4.78 is 16.0. The number of halogens is 1. The first-order valence-electron chi connectivity index (χ1n) is 9.16. The van der Waals surface area contributed by atoms with Crippen molar-refractivity contribution in [3.8, 4) is 0 Å². The summed E-state index contributed by atoms with van der Waals surface area (Å²) in [5, 5.41) is 8.77. The molecule has 1 saturated heterocycles. The Labute approximate surface area is 148 Å². The van der Waals surface area contributed by atoms with Crippen LogP contribution < -0.4 is 0 Å². The van der Waals surface area contributed by atoms with E-state index >= 15 is 0 Å². The molecule has 1 aromatic heterocycles. The number of nitrogens with zero attached hydrogens (tertiary/aromatic N) is 5. The van der Waals surface area contributed by atoms with Crippen molar-refractivity contribution in [3.63, 3.8) is 0 Å². The lowest BCUT2D eigenvalue weighted by Gasteiger charge is -2.24. The second-order valence-electron chi connectivity index (χ2n) is 7.49. The summed E-state index contributed by atoms with van der Waals surface area (Å²) in [6.07, 6.45) is 3.60. The molecule has 2 aliphatic rings. The van der Waals surface area contributed by atoms with Crippen LogP contribution in [0.5, 0.6) is 0 Å². The first-order valence-corrected chi connectivity index (χ1v) is 9.16. The van der Waals surface area contributed by atoms with Gasteiger partial charge in [0.25, 0.3) is 0 Å². The van der Waals surface area contributed by atoms with Crippen molar-refractivity contribution in [2.75, 3.05) is 20.1 Å². The monoisotopic (exact) mass is 343 g/mol. The van der Waals surface area contributed by atoms with Gasteiger partial charge in [-0.05, 0) is 32.4 Å². The highest BCUT2D eigenvalue weighted by atomic mass is 19.1. The maximum Gasteiger partial charge on any atom is 0.146 e. The van der Waals surface area contributed by atoms with Gasteiger partial charge in [0.05, 0.1) is 6.54 Å². The Morgan fingerprint density at radius 2 is 2.00 bits per heavy atom. The Kier molecular flexibility index (Phi) is 4.56. The highest BCUT2D eigenvalue weighted by Gasteiger charge is 2.30. The summed E-state index contributed by atoms with van der Waals surface area (Å²) in [5.74, 6) is 2.69. The van der Waals surface area contributed by atoms with Gasteiger partial charge < -0.3 is 4.57 Å². The fourth-order valence-electron chi connectivity index (χ4n) is 3.75. The highest BCUT2D eigenvalue weighted by molar-refractivity contribution is 5.17. The van der Waals surface area contributed by atoms with E-state index < -0.39 is 0 Å². The first-order chi connectivity index (χ1) is 12.1. The van der Waals surface area contributed by atoms with Crippen LogP contribution >= 0.6 is 0 Å². The molecular formula is C19H26FN5. The molecule has 4 rings (SSSR count). The number of likely N-dealkylation sites (tertiary alicyclic amines) is 1. The molecule has 134 valence electrons. The van der Waals surface area contributed by atoms with E-state index in [4.69, 9.17) is 0 Å². The van der Waals surface area contributed by atoms with Gasteiger partial charge in [0.2, 0.25) is 0 Å². The maximum atomic E-state index is 13.8. The summed E-state index contributed by atoms with van der Waals surface area (Å²) in [5.41, 5.74) is 0.785. The zero-order valence-electron chi connectivity index (χ0n) is 15.0. The summed E-state index contributed by atoms with van der Waals surface area (Å²) >= 11 is 0. The van der Waals surface area contributed by atoms with E-state index in [-0.39, 0.29) is 5.82 Å². The van der Waals surface area contributed by atoms with Gasteiger partial charge >= 0.3 is 0 Å². The number of likely N-dealkylation sites (N-methyl/N-ethyl adjacent to an activating group) is 1. The van der Waals surface area contributed by atoms with Crippen LogP contribution in [-0.2, 0) is 20.1 Å². The fraction of sp³-hybridized carbons (Fsp3) is 0.579. The molecule has 0 spiro atoms. The smallest absolute Gasteiger partial charge is 0.146 e. The lowest BCUT2D eigenvalue weighted by atomic mass is 10.2. The van der Waals surface area contributed by atoms with Gasteiger partial charge in [-0.25, -0.2) is 4.39 Å². The third-order valence-corrected chi connectivity index (χ3v) is 5.55. The third kappa shape index (κ3) is 3.60. The molecule has 2 fully saturated rings. The van der Waals surface area contributed by atoms with Gasteiger partial charge in [0, 0.05) is 44.2 Å². The molecule has 1 unspecified atom stereocenters. The van der Waals surface area contributed by atoms with Crippen molar-refractivity contribution in [3.05, 3.63) is 47.3 Å². The standard InChI is InChI=1S/C19H26FN5/c1-23(13-18-21-22-19(24(18)2)14-7-8-14)16-9-10-25(12-16)11-15-5-3-4-6-17(15)20/h3-6,14,16H,7-13H2,1-2H3. The van der Waals surface area contributed by atoms with Gasteiger partial charge in [-0.3, -0.25) is 9.80 Å². The van der Waals surface area contributed by atoms with E-state index in [0.29, 0.717) is 18.5 Å². The van der Waals surface area contributed by atoms with Crippen molar-refractivity contribution >= 4 is 0 Å². The average molecular weight is 343 g/mol. The number of benzene rings is 1. The molecule has 1 aromatic carbocycles. The molecule has 2 aromatic rings. The van der Waals surface area contributed by atoms with Gasteiger partial charge in [0.1, 0.15) is 17.5 Å². The number of aromatic nitrogens is 3. The molecule has 1 aliphatic carbocycles. The zero-order chi connectivity index (χ0) is 17.4. The van der Waals surface area contributed by atoms with Crippen LogP contribution in [-0.4, -0.2) is 50.7 Å². The van der Waals surface area contributed by atoms with E-state index in [1.54, 1.807) is 12.1 Å². The average Bonchev–Trinajstić information content (AvgIpc) is 3.23. The Balaban J connectivity index is 1.34. The maximum absolute atomic E-state index is 13.8. The van der Waals surface area contributed by atoms with Crippen LogP contribution in [0, 0.1) is 5.82 Å². The predicted molar refractivity (Wildman–Crippen MR) is 94.5 cm³/mol. The first kappa shape index (κ1) is 16.7. The quantitative estimate of drug-likeness (QED) is 0.808. The minimum Gasteiger partial charge on any atom is -0.317 e. The van der Waals surface area contributed by atoms with Crippen molar-refractivity contribution < 1.29 is 4.39 Å². The second kappa shape index (κ2) is 6.84. The van der Waals surface area contributed by atoms with Crippen LogP contribution in [0.3, 0.4) is 0 Å². The molecule has 5 nitrogen and oxygen atoms in total. The lowest BCUT2D eigenvalue weighted by molar-refractivity contribution is 0.216. The second-order valence-corrected chi connectivity index (χ2v) is 7.49. The van der Waals surface area contributed by atoms with E-state index in [1.807, 2.05) is 12.1 Å². The molecule has 0 amide bonds. The highest BCUT2D eigenvalue weighted by Crippen LogP contribution is 2.38. The Hall–Kier alpha value is -1.79. The number of hydrogen-bond donors (Lipinski definition) is 0. The van der Waals surface area contributed by atoms with Crippen LogP contribution in [0.25, 0.3) is 0 Å². The molecule has 1 aliphatic heterocycles. The van der Waals surface area contributed by atoms with E-state index in [0.717, 1.165) is 43.3 Å². The summed E-state index contributed by atoms with van der Waals surface area (Å²) in [4.78, 5) is 4.70. The molecule has 0 N–H and O–H groups in total. The number of rotatable bonds is 6. The van der Waals surface area contributed by atoms with Gasteiger partial charge in [-0.15, -0.1) is 10.2 Å². The van der Waals surface area contributed by atoms with Crippen LogP contribution in [0.15, 0.2) is 24.3 Å². The molecular weight excluding hydrogens is 317 g/mol. The topological polar surface area (TPSA) is 37.2 Å². The molecule has 2 heterocycles. The zero-order valence-corrected chi connectivity index (χ0v) is 15.0. The van der Waals surface area contributed by atoms with Crippen molar-refractivity contribution in [1.29, 1.82) is 0 Å². The Morgan fingerprint density at radius 1 is 1.20 bits per heavy atom. The van der Waals surface area contributed by atoms with Crippen molar-refractivity contribution in [2.24, 2.45) is 7.05 Å². The molecule has 25 heavy (non-hydrogen) atoms. The number of hydrogen-bond acceptors (Lipinski definition) is 4. The summed E-state index contributed by atoms with van der Waals surface area (Å²) in [6, 6.07) is 7.55. The van der Waals surface area contributed by atoms with Crippen molar-refractivity contribution in [2.45, 2.75) is 44.3 Å². The third-order valence-electron chi connectivity index (χ3n) is 5.55. The Morgan fingerprint density at radius 3 is 2.76 bits per heavy atom. The van der Waals surface area contributed by atoms with E-state index in [2.05, 4.69) is 38.7 Å². The van der Waals surface area contributed by atoms with Crippen LogP contribution in [0.2, 0.25) is 0 Å². The van der Waals surface area contributed by atoms with E-state index in [1.165, 1.54) is 12.8 Å². The summed E-state index contributed by atoms with van der Waals surface area (Å²) in [7, 11) is 4.23. The minimum absolute atomic E-state index is 0.106. The normalized spacial score (nSPS) is 21.4.